The van der Waals surface area contributed by atoms with Crippen molar-refractivity contribution in [2.45, 2.75) is 40.5 Å². The third-order valence-corrected chi connectivity index (χ3v) is 5.06. The van der Waals surface area contributed by atoms with Gasteiger partial charge in [-0.1, -0.05) is 41.5 Å². The van der Waals surface area contributed by atoms with Gasteiger partial charge in [0, 0.05) is 18.4 Å². The molecule has 0 saturated carbocycles. The molecule has 0 aliphatic heterocycles. The van der Waals surface area contributed by atoms with Crippen LogP contribution in [0, 0.1) is 27.7 Å². The fraction of sp³-hybridized carbons (Fsp3) is 0.250. The summed E-state index contributed by atoms with van der Waals surface area (Å²) in [4.78, 5) is 0. The molecule has 0 atom stereocenters. The van der Waals surface area contributed by atoms with Gasteiger partial charge in [0.2, 0.25) is 0 Å². The molecule has 3 aromatic carbocycles. The maximum atomic E-state index is 10.9. The van der Waals surface area contributed by atoms with Gasteiger partial charge in [-0.2, -0.15) is 0 Å². The number of anilines is 1. The first kappa shape index (κ1) is 19.6. The Balaban J connectivity index is 2.02. The maximum Gasteiger partial charge on any atom is 0.142 e. The van der Waals surface area contributed by atoms with Crippen LogP contribution in [-0.2, 0) is 12.8 Å². The Morgan fingerprint density at radius 1 is 0.571 bits per heavy atom. The molecule has 0 heterocycles. The van der Waals surface area contributed by atoms with E-state index in [1.165, 1.54) is 0 Å². The number of hydrogen-bond acceptors (Lipinski definition) is 4. The van der Waals surface area contributed by atoms with Gasteiger partial charge < -0.3 is 21.1 Å². The molecule has 5 N–H and O–H groups in total. The molecular weight excluding hydrogens is 350 g/mol. The highest BCUT2D eigenvalue weighted by atomic mass is 16.3. The fourth-order valence-electron chi connectivity index (χ4n) is 3.82. The number of phenolic OH excluding ortho intramolecular Hbond substituents is 3. The van der Waals surface area contributed by atoms with Gasteiger partial charge in [0.05, 0.1) is 5.69 Å². The second kappa shape index (κ2) is 7.47. The molecule has 4 nitrogen and oxygen atoms in total. The van der Waals surface area contributed by atoms with E-state index in [0.29, 0.717) is 24.1 Å². The van der Waals surface area contributed by atoms with E-state index in [1.807, 2.05) is 58.0 Å². The molecule has 0 bridgehead atoms. The summed E-state index contributed by atoms with van der Waals surface area (Å²) >= 11 is 0. The third-order valence-electron chi connectivity index (χ3n) is 5.06. The monoisotopic (exact) mass is 377 g/mol. The highest BCUT2D eigenvalue weighted by Crippen LogP contribution is 2.35. The van der Waals surface area contributed by atoms with Crippen molar-refractivity contribution in [2.75, 3.05) is 5.73 Å². The Bertz CT molecular complexity index is 974. The van der Waals surface area contributed by atoms with E-state index < -0.39 is 0 Å². The van der Waals surface area contributed by atoms with Crippen LogP contribution in [0.5, 0.6) is 17.2 Å². The lowest BCUT2D eigenvalue weighted by Gasteiger charge is -2.15. The van der Waals surface area contributed by atoms with Crippen molar-refractivity contribution in [1.29, 1.82) is 0 Å². The van der Waals surface area contributed by atoms with Crippen LogP contribution < -0.4 is 5.73 Å². The van der Waals surface area contributed by atoms with Crippen molar-refractivity contribution in [3.05, 3.63) is 80.9 Å². The zero-order valence-corrected chi connectivity index (χ0v) is 16.8. The molecule has 146 valence electrons. The summed E-state index contributed by atoms with van der Waals surface area (Å²) in [6.07, 6.45) is 0.799. The van der Waals surface area contributed by atoms with Crippen molar-refractivity contribution in [1.82, 2.24) is 0 Å². The Kier molecular flexibility index (Phi) is 5.23. The van der Waals surface area contributed by atoms with Gasteiger partial charge in [-0.3, -0.25) is 0 Å². The van der Waals surface area contributed by atoms with Gasteiger partial charge in [-0.15, -0.1) is 0 Å². The van der Waals surface area contributed by atoms with Crippen LogP contribution in [-0.4, -0.2) is 15.3 Å². The lowest BCUT2D eigenvalue weighted by molar-refractivity contribution is 0.456. The van der Waals surface area contributed by atoms with Crippen LogP contribution in [0.4, 0.5) is 5.69 Å². The smallest absolute Gasteiger partial charge is 0.142 e. The number of benzene rings is 3. The number of nitrogen functional groups attached to an aromatic ring is 1. The number of phenols is 3. The highest BCUT2D eigenvalue weighted by Gasteiger charge is 2.15. The summed E-state index contributed by atoms with van der Waals surface area (Å²) < 4.78 is 0. The zero-order valence-electron chi connectivity index (χ0n) is 16.8. The summed E-state index contributed by atoms with van der Waals surface area (Å²) in [5.74, 6) is 0.501. The molecule has 0 aliphatic rings. The van der Waals surface area contributed by atoms with Crippen molar-refractivity contribution < 1.29 is 15.3 Å². The predicted octanol–water partition coefficient (Wildman–Crippen LogP) is 4.80. The molecule has 0 aliphatic carbocycles. The van der Waals surface area contributed by atoms with Crippen molar-refractivity contribution in [3.63, 3.8) is 0 Å². The van der Waals surface area contributed by atoms with Crippen LogP contribution in [0.2, 0.25) is 0 Å². The minimum atomic E-state index is 0.0556. The van der Waals surface area contributed by atoms with Crippen LogP contribution in [0.15, 0.2) is 36.4 Å². The van der Waals surface area contributed by atoms with Crippen molar-refractivity contribution in [2.24, 2.45) is 0 Å². The second-order valence-corrected chi connectivity index (χ2v) is 7.74. The average Bonchev–Trinajstić information content (AvgIpc) is 2.60. The van der Waals surface area contributed by atoms with E-state index in [9.17, 15) is 15.3 Å². The summed E-state index contributed by atoms with van der Waals surface area (Å²) in [5, 5.41) is 31.6. The quantitative estimate of drug-likeness (QED) is 0.388. The highest BCUT2D eigenvalue weighted by molar-refractivity contribution is 5.60. The van der Waals surface area contributed by atoms with Crippen LogP contribution in [0.3, 0.4) is 0 Å². The minimum absolute atomic E-state index is 0.0556. The summed E-state index contributed by atoms with van der Waals surface area (Å²) in [7, 11) is 0. The van der Waals surface area contributed by atoms with Gasteiger partial charge in [-0.25, -0.2) is 0 Å². The zero-order chi connectivity index (χ0) is 20.6. The fourth-order valence-corrected chi connectivity index (χ4v) is 3.82. The Hall–Kier alpha value is -3.14. The minimum Gasteiger partial charge on any atom is -0.507 e. The molecule has 3 aromatic rings. The lowest BCUT2D eigenvalue weighted by Crippen LogP contribution is -1.99. The van der Waals surface area contributed by atoms with Gasteiger partial charge in [0.15, 0.2) is 0 Å². The van der Waals surface area contributed by atoms with E-state index in [-0.39, 0.29) is 17.2 Å². The van der Waals surface area contributed by atoms with E-state index in [2.05, 4.69) is 0 Å². The summed E-state index contributed by atoms with van der Waals surface area (Å²) in [6, 6.07) is 11.3. The summed E-state index contributed by atoms with van der Waals surface area (Å²) in [6.45, 7) is 7.75. The first-order valence-corrected chi connectivity index (χ1v) is 9.34. The molecule has 28 heavy (non-hydrogen) atoms. The van der Waals surface area contributed by atoms with Crippen LogP contribution in [0.1, 0.15) is 44.5 Å². The first-order valence-electron chi connectivity index (χ1n) is 9.34. The molecule has 0 aromatic heterocycles. The maximum absolute atomic E-state index is 10.9. The number of rotatable bonds is 4. The van der Waals surface area contributed by atoms with Crippen molar-refractivity contribution in [3.8, 4) is 17.2 Å². The summed E-state index contributed by atoms with van der Waals surface area (Å²) in [5.41, 5.74) is 13.0. The molecule has 0 amide bonds. The molecule has 4 heteroatoms. The largest absolute Gasteiger partial charge is 0.507 e. The van der Waals surface area contributed by atoms with Crippen molar-refractivity contribution >= 4 is 5.69 Å². The Morgan fingerprint density at radius 3 is 1.50 bits per heavy atom. The van der Waals surface area contributed by atoms with Crippen LogP contribution in [0.25, 0.3) is 0 Å². The molecule has 0 saturated heterocycles. The average molecular weight is 377 g/mol. The van der Waals surface area contributed by atoms with E-state index in [1.54, 1.807) is 6.07 Å². The third kappa shape index (κ3) is 3.91. The Labute approximate surface area is 165 Å². The van der Waals surface area contributed by atoms with Crippen LogP contribution >= 0.6 is 0 Å². The number of hydrogen-bond donors (Lipinski definition) is 4. The standard InChI is InChI=1S/C24H27NO3/c1-13-5-16(4)22(26)17(6-13)11-18-7-14(2)8-19(23(18)27)12-20-9-15(3)10-21(25)24(20)28/h5-10,26-28H,11-12,25H2,1-4H3. The molecule has 0 spiro atoms. The molecule has 0 radical (unpaired) electrons. The first-order chi connectivity index (χ1) is 13.2. The SMILES string of the molecule is Cc1cc(C)c(O)c(Cc2cc(C)cc(Cc3cc(C)cc(N)c3O)c2O)c1. The van der Waals surface area contributed by atoms with E-state index in [4.69, 9.17) is 5.73 Å². The Morgan fingerprint density at radius 2 is 0.964 bits per heavy atom. The molecule has 3 rings (SSSR count). The van der Waals surface area contributed by atoms with Gasteiger partial charge in [0.25, 0.3) is 0 Å². The molecule has 0 fully saturated rings. The lowest BCUT2D eigenvalue weighted by atomic mass is 9.93. The van der Waals surface area contributed by atoms with Gasteiger partial charge in [0.1, 0.15) is 17.2 Å². The second-order valence-electron chi connectivity index (χ2n) is 7.74. The number of aryl methyl sites for hydroxylation is 4. The van der Waals surface area contributed by atoms with E-state index in [0.717, 1.165) is 38.9 Å². The molecule has 0 unspecified atom stereocenters. The number of aromatic hydroxyl groups is 3. The predicted molar refractivity (Wildman–Crippen MR) is 113 cm³/mol. The topological polar surface area (TPSA) is 86.7 Å². The van der Waals surface area contributed by atoms with Gasteiger partial charge >= 0.3 is 0 Å². The normalized spacial score (nSPS) is 11.0. The van der Waals surface area contributed by atoms with Gasteiger partial charge in [-0.05, 0) is 61.6 Å². The van der Waals surface area contributed by atoms with E-state index >= 15 is 0 Å². The molecular formula is C24H27NO3. The number of nitrogens with two attached hydrogens (primary N) is 1.